The molecule has 18 nitrogen and oxygen atoms in total. The summed E-state index contributed by atoms with van der Waals surface area (Å²) in [6.07, 6.45) is 7.50. The molecule has 4 saturated heterocycles. The Labute approximate surface area is 420 Å². The molecule has 4 fully saturated rings. The summed E-state index contributed by atoms with van der Waals surface area (Å²) < 4.78 is 28.3. The van der Waals surface area contributed by atoms with Crippen molar-refractivity contribution in [1.29, 1.82) is 5.26 Å². The van der Waals surface area contributed by atoms with Crippen LogP contribution in [0.2, 0.25) is 0 Å². The van der Waals surface area contributed by atoms with E-state index in [-0.39, 0.29) is 60.8 Å². The number of aromatic nitrogens is 1. The number of piperidine rings is 2. The van der Waals surface area contributed by atoms with Crippen LogP contribution in [0.4, 0.5) is 10.5 Å². The lowest BCUT2D eigenvalue weighted by molar-refractivity contribution is -0.121. The molecule has 5 amide bonds. The molecule has 3 atom stereocenters. The maximum absolute atomic E-state index is 13.3. The first-order valence-electron chi connectivity index (χ1n) is 25.0. The zero-order chi connectivity index (χ0) is 49.6. The number of carbonyl (C=O) groups is 5. The second-order valence-electron chi connectivity index (χ2n) is 18.3. The van der Waals surface area contributed by atoms with Gasteiger partial charge in [0.15, 0.2) is 5.78 Å². The number of urea groups is 1. The van der Waals surface area contributed by atoms with E-state index < -0.39 is 0 Å². The molecule has 0 bridgehead atoms. The SMILES string of the molecule is N#Cc1ccc(CN2CCC(CC(=O)c3ccc(C(=O)N4CCC(Oc5ccc(NC(=O)CCOCCOCCOCCOCCNC(=O)CCCC6SC[C@@H]7NC(=O)N[C@H]67)cc5)CC4)nc3)CC2)cc1. The first kappa shape index (κ1) is 53.2. The number of hydrogen-bond donors (Lipinski definition) is 4. The van der Waals surface area contributed by atoms with Crippen molar-refractivity contribution in [2.75, 3.05) is 96.6 Å². The second-order valence-corrected chi connectivity index (χ2v) is 19.6. The van der Waals surface area contributed by atoms with Crippen LogP contribution in [0.1, 0.15) is 89.8 Å². The van der Waals surface area contributed by atoms with E-state index >= 15 is 0 Å². The van der Waals surface area contributed by atoms with E-state index in [2.05, 4.69) is 37.2 Å². The number of carbonyl (C=O) groups excluding carboxylic acids is 5. The summed E-state index contributed by atoms with van der Waals surface area (Å²) in [6, 6.07) is 20.7. The van der Waals surface area contributed by atoms with Gasteiger partial charge in [0.25, 0.3) is 5.91 Å². The molecule has 5 heterocycles. The normalized spacial score (nSPS) is 19.3. The highest BCUT2D eigenvalue weighted by Gasteiger charge is 2.42. The summed E-state index contributed by atoms with van der Waals surface area (Å²) in [5, 5.41) is 21.1. The van der Waals surface area contributed by atoms with Crippen molar-refractivity contribution in [2.45, 2.75) is 87.8 Å². The lowest BCUT2D eigenvalue weighted by atomic mass is 9.90. The van der Waals surface area contributed by atoms with Crippen molar-refractivity contribution in [3.63, 3.8) is 0 Å². The Bertz CT molecular complexity index is 2210. The quantitative estimate of drug-likeness (QED) is 0.0429. The summed E-state index contributed by atoms with van der Waals surface area (Å²) >= 11 is 1.85. The number of rotatable bonds is 28. The van der Waals surface area contributed by atoms with Crippen molar-refractivity contribution in [3.8, 4) is 11.8 Å². The van der Waals surface area contributed by atoms with Gasteiger partial charge in [-0.1, -0.05) is 12.1 Å². The number of ketones is 1. The molecule has 19 heteroatoms. The van der Waals surface area contributed by atoms with Crippen LogP contribution < -0.4 is 26.0 Å². The van der Waals surface area contributed by atoms with E-state index in [1.54, 1.807) is 29.2 Å². The fourth-order valence-corrected chi connectivity index (χ4v) is 10.7. The van der Waals surface area contributed by atoms with Crippen LogP contribution in [0.5, 0.6) is 5.75 Å². The number of ether oxygens (including phenoxy) is 5. The van der Waals surface area contributed by atoms with Crippen molar-refractivity contribution in [3.05, 3.63) is 89.2 Å². The summed E-state index contributed by atoms with van der Waals surface area (Å²) in [4.78, 5) is 71.1. The topological polar surface area (TPSA) is 223 Å². The van der Waals surface area contributed by atoms with Gasteiger partial charge < -0.3 is 49.9 Å². The molecule has 4 N–H and O–H groups in total. The minimum atomic E-state index is -0.165. The van der Waals surface area contributed by atoms with Gasteiger partial charge in [-0.15, -0.1) is 0 Å². The molecule has 4 aliphatic heterocycles. The van der Waals surface area contributed by atoms with E-state index in [9.17, 15) is 24.0 Å². The molecule has 3 aromatic rings. The fourth-order valence-electron chi connectivity index (χ4n) is 9.11. The minimum absolute atomic E-state index is 0.00506. The Hall–Kier alpha value is -5.62. The number of likely N-dealkylation sites (tertiary alicyclic amines) is 2. The van der Waals surface area contributed by atoms with Crippen LogP contribution in [0.25, 0.3) is 0 Å². The van der Waals surface area contributed by atoms with Gasteiger partial charge in [0, 0.05) is 80.3 Å². The van der Waals surface area contributed by atoms with Crippen LogP contribution in [0.3, 0.4) is 0 Å². The molecule has 71 heavy (non-hydrogen) atoms. The van der Waals surface area contributed by atoms with Crippen LogP contribution in [-0.2, 0) is 35.1 Å². The third-order valence-corrected chi connectivity index (χ3v) is 14.6. The third-order valence-electron chi connectivity index (χ3n) is 13.1. The molecular formula is C52H68N8O10S. The number of amides is 5. The second kappa shape index (κ2) is 28.4. The molecule has 7 rings (SSSR count). The standard InChI is InChI=1S/C52H68N8O10S/c53-33-38-4-6-39(7-5-38)35-59-20-14-37(15-21-59)32-46(61)40-8-13-44(55-34-40)51(64)60-22-16-43(17-23-60)70-42-11-9-41(10-12-42)56-49(63)18-24-66-26-28-68-30-31-69-29-27-67-25-19-54-48(62)3-1-2-47-50-45(36-71-47)57-52(65)58-50/h4-13,34,37,43,45,47,50H,1-3,14-32,35-36H2,(H,54,62)(H,56,63)(H2,57,58,65)/t45-,47?,50-/m0/s1. The number of hydrogen-bond acceptors (Lipinski definition) is 14. The first-order valence-corrected chi connectivity index (χ1v) is 26.1. The van der Waals surface area contributed by atoms with Crippen LogP contribution in [0, 0.1) is 17.2 Å². The molecule has 1 unspecified atom stereocenters. The Morgan fingerprint density at radius 2 is 1.46 bits per heavy atom. The van der Waals surface area contributed by atoms with Crippen LogP contribution in [-0.4, -0.2) is 159 Å². The molecule has 382 valence electrons. The number of fused-ring (bicyclic) bond motifs is 1. The highest BCUT2D eigenvalue weighted by atomic mass is 32.2. The minimum Gasteiger partial charge on any atom is -0.490 e. The molecule has 0 aliphatic carbocycles. The molecular weight excluding hydrogens is 929 g/mol. The van der Waals surface area contributed by atoms with Gasteiger partial charge in [-0.2, -0.15) is 17.0 Å². The van der Waals surface area contributed by atoms with E-state index in [0.29, 0.717) is 131 Å². The largest absolute Gasteiger partial charge is 0.490 e. The molecule has 4 aliphatic rings. The Kier molecular flexibility index (Phi) is 21.3. The van der Waals surface area contributed by atoms with Gasteiger partial charge >= 0.3 is 6.03 Å². The lowest BCUT2D eigenvalue weighted by Gasteiger charge is -2.32. The maximum atomic E-state index is 13.3. The van der Waals surface area contributed by atoms with Gasteiger partial charge in [0.1, 0.15) is 17.5 Å². The predicted octanol–water partition coefficient (Wildman–Crippen LogP) is 4.97. The molecule has 0 radical (unpaired) electrons. The summed E-state index contributed by atoms with van der Waals surface area (Å²) in [7, 11) is 0. The van der Waals surface area contributed by atoms with Crippen LogP contribution >= 0.6 is 11.8 Å². The molecule has 2 aromatic carbocycles. The third kappa shape index (κ3) is 17.6. The van der Waals surface area contributed by atoms with E-state index in [4.69, 9.17) is 28.9 Å². The van der Waals surface area contributed by atoms with Crippen molar-refractivity contribution >= 4 is 47.0 Å². The Morgan fingerprint density at radius 3 is 2.14 bits per heavy atom. The number of pyridine rings is 1. The summed E-state index contributed by atoms with van der Waals surface area (Å²) in [5.74, 6) is 1.65. The van der Waals surface area contributed by atoms with Crippen molar-refractivity contribution in [2.24, 2.45) is 5.92 Å². The van der Waals surface area contributed by atoms with Gasteiger partial charge in [0.05, 0.1) is 83.0 Å². The van der Waals surface area contributed by atoms with Gasteiger partial charge in [-0.3, -0.25) is 29.1 Å². The Morgan fingerprint density at radius 1 is 0.775 bits per heavy atom. The average Bonchev–Trinajstić information content (AvgIpc) is 3.95. The summed E-state index contributed by atoms with van der Waals surface area (Å²) in [6.45, 7) is 7.25. The van der Waals surface area contributed by atoms with E-state index in [1.807, 2.05) is 48.2 Å². The highest BCUT2D eigenvalue weighted by Crippen LogP contribution is 2.33. The lowest BCUT2D eigenvalue weighted by Crippen LogP contribution is -2.42. The number of thioether (sulfide) groups is 1. The molecule has 0 saturated carbocycles. The number of anilines is 1. The molecule has 1 aromatic heterocycles. The number of nitrogens with one attached hydrogen (secondary N) is 4. The van der Waals surface area contributed by atoms with Crippen LogP contribution in [0.15, 0.2) is 66.9 Å². The monoisotopic (exact) mass is 996 g/mol. The Balaban J connectivity index is 0.646. The highest BCUT2D eigenvalue weighted by molar-refractivity contribution is 8.00. The smallest absolute Gasteiger partial charge is 0.315 e. The number of benzene rings is 2. The maximum Gasteiger partial charge on any atom is 0.315 e. The van der Waals surface area contributed by atoms with E-state index in [0.717, 1.165) is 51.1 Å². The zero-order valence-corrected chi connectivity index (χ0v) is 41.3. The number of Topliss-reactive ketones (excluding diaryl/α,β-unsaturated/α-hetero) is 1. The zero-order valence-electron chi connectivity index (χ0n) is 40.5. The van der Waals surface area contributed by atoms with Crippen molar-refractivity contribution < 1.29 is 47.7 Å². The summed E-state index contributed by atoms with van der Waals surface area (Å²) in [5.41, 5.74) is 3.35. The number of nitrogens with zero attached hydrogens (tertiary/aromatic N) is 4. The number of nitriles is 1. The predicted molar refractivity (Wildman–Crippen MR) is 267 cm³/mol. The van der Waals surface area contributed by atoms with Crippen molar-refractivity contribution in [1.82, 2.24) is 30.7 Å². The van der Waals surface area contributed by atoms with Gasteiger partial charge in [-0.25, -0.2) is 4.79 Å². The molecule has 0 spiro atoms. The fraction of sp³-hybridized carbons (Fsp3) is 0.558. The average molecular weight is 997 g/mol. The van der Waals surface area contributed by atoms with Gasteiger partial charge in [0.2, 0.25) is 11.8 Å². The first-order chi connectivity index (χ1) is 34.7. The van der Waals surface area contributed by atoms with Gasteiger partial charge in [-0.05, 0) is 98.8 Å². The van der Waals surface area contributed by atoms with E-state index in [1.165, 1.54) is 11.8 Å².